The molecule has 0 N–H and O–H groups in total. The molecular formula is C17H21NO5. The summed E-state index contributed by atoms with van der Waals surface area (Å²) in [6.45, 7) is 4.85. The molecule has 0 atom stereocenters. The minimum Gasteiger partial charge on any atom is -0.494 e. The number of carbonyl (C=O) groups excluding carboxylic acids is 1. The summed E-state index contributed by atoms with van der Waals surface area (Å²) in [5.74, 6) is 0.0839. The second kappa shape index (κ2) is 7.89. The van der Waals surface area contributed by atoms with Gasteiger partial charge in [0, 0.05) is 30.4 Å². The molecule has 0 aliphatic rings. The van der Waals surface area contributed by atoms with Crippen LogP contribution in [-0.4, -0.2) is 38.4 Å². The van der Waals surface area contributed by atoms with Crippen molar-refractivity contribution in [3.05, 3.63) is 35.5 Å². The molecule has 23 heavy (non-hydrogen) atoms. The number of methoxy groups -OCH3 is 2. The first-order valence-corrected chi connectivity index (χ1v) is 7.43. The van der Waals surface area contributed by atoms with Crippen LogP contribution in [0.5, 0.6) is 5.75 Å². The first-order chi connectivity index (χ1) is 11.1. The molecule has 0 unspecified atom stereocenters. The van der Waals surface area contributed by atoms with Gasteiger partial charge < -0.3 is 18.9 Å². The first-order valence-electron chi connectivity index (χ1n) is 7.43. The van der Waals surface area contributed by atoms with Gasteiger partial charge in [-0.15, -0.1) is 0 Å². The van der Waals surface area contributed by atoms with E-state index in [-0.39, 0.29) is 0 Å². The van der Waals surface area contributed by atoms with Crippen LogP contribution in [0.2, 0.25) is 0 Å². The molecule has 0 amide bonds. The molecule has 1 aromatic heterocycles. The number of esters is 1. The van der Waals surface area contributed by atoms with Crippen molar-refractivity contribution >= 4 is 16.9 Å². The molecule has 1 aromatic carbocycles. The third-order valence-corrected chi connectivity index (χ3v) is 3.32. The van der Waals surface area contributed by atoms with E-state index in [9.17, 15) is 4.79 Å². The maximum Gasteiger partial charge on any atom is 0.338 e. The highest BCUT2D eigenvalue weighted by molar-refractivity contribution is 5.97. The summed E-state index contributed by atoms with van der Waals surface area (Å²) >= 11 is 0. The van der Waals surface area contributed by atoms with Crippen LogP contribution >= 0.6 is 0 Å². The second-order valence-electron chi connectivity index (χ2n) is 4.75. The van der Waals surface area contributed by atoms with E-state index in [1.54, 1.807) is 18.3 Å². The highest BCUT2D eigenvalue weighted by atomic mass is 16.7. The van der Waals surface area contributed by atoms with Crippen molar-refractivity contribution in [3.63, 3.8) is 0 Å². The fourth-order valence-electron chi connectivity index (χ4n) is 2.30. The molecule has 0 spiro atoms. The van der Waals surface area contributed by atoms with Gasteiger partial charge in [0.2, 0.25) is 0 Å². The number of aromatic nitrogens is 1. The third kappa shape index (κ3) is 3.78. The van der Waals surface area contributed by atoms with Crippen molar-refractivity contribution in [1.29, 1.82) is 0 Å². The Kier molecular flexibility index (Phi) is 5.90. The Labute approximate surface area is 135 Å². The Hall–Kier alpha value is -2.18. The maximum atomic E-state index is 11.8. The van der Waals surface area contributed by atoms with Gasteiger partial charge >= 0.3 is 5.97 Å². The normalized spacial score (nSPS) is 11.0. The van der Waals surface area contributed by atoms with Crippen LogP contribution in [0.1, 0.15) is 36.1 Å². The number of pyridine rings is 1. The summed E-state index contributed by atoms with van der Waals surface area (Å²) in [7, 11) is 2.88. The zero-order valence-corrected chi connectivity index (χ0v) is 13.8. The second-order valence-corrected chi connectivity index (χ2v) is 4.75. The lowest BCUT2D eigenvalue weighted by atomic mass is 10.1. The molecule has 124 valence electrons. The van der Waals surface area contributed by atoms with E-state index in [2.05, 4.69) is 4.98 Å². The van der Waals surface area contributed by atoms with E-state index in [0.29, 0.717) is 30.0 Å². The van der Waals surface area contributed by atoms with Crippen molar-refractivity contribution in [3.8, 4) is 5.75 Å². The summed E-state index contributed by atoms with van der Waals surface area (Å²) in [6.07, 6.45) is 1.20. The Morgan fingerprint density at radius 1 is 1.13 bits per heavy atom. The summed E-state index contributed by atoms with van der Waals surface area (Å²) in [5, 5.41) is 0.756. The monoisotopic (exact) mass is 319 g/mol. The first kappa shape index (κ1) is 17.2. The fraction of sp³-hybridized carbons (Fsp3) is 0.412. The quantitative estimate of drug-likeness (QED) is 0.577. The van der Waals surface area contributed by atoms with E-state index in [1.165, 1.54) is 14.2 Å². The Morgan fingerprint density at radius 2 is 1.83 bits per heavy atom. The predicted molar refractivity (Wildman–Crippen MR) is 85.6 cm³/mol. The number of benzene rings is 1. The van der Waals surface area contributed by atoms with E-state index in [4.69, 9.17) is 18.9 Å². The van der Waals surface area contributed by atoms with E-state index < -0.39 is 12.3 Å². The van der Waals surface area contributed by atoms with Crippen molar-refractivity contribution in [1.82, 2.24) is 4.98 Å². The van der Waals surface area contributed by atoms with Gasteiger partial charge in [-0.2, -0.15) is 0 Å². The van der Waals surface area contributed by atoms with Crippen LogP contribution in [0.25, 0.3) is 10.9 Å². The smallest absolute Gasteiger partial charge is 0.338 e. The van der Waals surface area contributed by atoms with Gasteiger partial charge in [-0.05, 0) is 32.0 Å². The molecule has 0 radical (unpaired) electrons. The zero-order chi connectivity index (χ0) is 16.8. The molecule has 0 bridgehead atoms. The lowest BCUT2D eigenvalue weighted by Crippen LogP contribution is -2.09. The minimum atomic E-state index is -0.491. The van der Waals surface area contributed by atoms with E-state index >= 15 is 0 Å². The molecule has 2 rings (SSSR count). The van der Waals surface area contributed by atoms with Crippen molar-refractivity contribution < 1.29 is 23.7 Å². The van der Waals surface area contributed by atoms with Crippen LogP contribution < -0.4 is 4.74 Å². The number of hydrogen-bond acceptors (Lipinski definition) is 6. The van der Waals surface area contributed by atoms with Gasteiger partial charge in [0.05, 0.1) is 19.8 Å². The van der Waals surface area contributed by atoms with Crippen LogP contribution in [0.4, 0.5) is 0 Å². The van der Waals surface area contributed by atoms with Crippen LogP contribution in [0, 0.1) is 0 Å². The lowest BCUT2D eigenvalue weighted by molar-refractivity contribution is -0.140. The molecule has 0 aliphatic carbocycles. The molecule has 6 heteroatoms. The van der Waals surface area contributed by atoms with Gasteiger partial charge in [0.1, 0.15) is 11.3 Å². The fourth-order valence-corrected chi connectivity index (χ4v) is 2.30. The average molecular weight is 319 g/mol. The summed E-state index contributed by atoms with van der Waals surface area (Å²) in [5.41, 5.74) is 1.85. The third-order valence-electron chi connectivity index (χ3n) is 3.32. The summed E-state index contributed by atoms with van der Waals surface area (Å²) < 4.78 is 21.3. The highest BCUT2D eigenvalue weighted by Crippen LogP contribution is 2.29. The topological polar surface area (TPSA) is 66.9 Å². The van der Waals surface area contributed by atoms with Crippen molar-refractivity contribution in [2.24, 2.45) is 0 Å². The number of rotatable bonds is 7. The molecule has 0 saturated heterocycles. The molecule has 0 saturated carbocycles. The van der Waals surface area contributed by atoms with Crippen molar-refractivity contribution in [2.75, 3.05) is 27.4 Å². The predicted octanol–water partition coefficient (Wildman–Crippen LogP) is 3.10. The number of ether oxygens (including phenoxy) is 4. The maximum absolute atomic E-state index is 11.8. The summed E-state index contributed by atoms with van der Waals surface area (Å²) in [6, 6.07) is 5.21. The Balaban J connectivity index is 2.53. The number of fused-ring (bicyclic) bond motifs is 1. The molecular weight excluding hydrogens is 298 g/mol. The van der Waals surface area contributed by atoms with Crippen molar-refractivity contribution in [2.45, 2.75) is 20.1 Å². The van der Waals surface area contributed by atoms with Gasteiger partial charge in [-0.1, -0.05) is 0 Å². The van der Waals surface area contributed by atoms with Gasteiger partial charge in [-0.3, -0.25) is 4.98 Å². The summed E-state index contributed by atoms with van der Waals surface area (Å²) in [4.78, 5) is 16.2. The lowest BCUT2D eigenvalue weighted by Gasteiger charge is -2.17. The standard InChI is InChI=1S/C17H21NO5/c1-5-22-17(23-6-2)13-8-11-7-12(16(19)21-4)9-14(20-3)15(11)18-10-13/h7-10,17H,5-6H2,1-4H3. The molecule has 6 nitrogen and oxygen atoms in total. The number of hydrogen-bond donors (Lipinski definition) is 0. The van der Waals surface area contributed by atoms with Gasteiger partial charge in [0.15, 0.2) is 6.29 Å². The van der Waals surface area contributed by atoms with Gasteiger partial charge in [0.25, 0.3) is 0 Å². The molecule has 0 aliphatic heterocycles. The van der Waals surface area contributed by atoms with E-state index in [0.717, 1.165) is 10.9 Å². The van der Waals surface area contributed by atoms with Crippen LogP contribution in [0.15, 0.2) is 24.4 Å². The SMILES string of the molecule is CCOC(OCC)c1cnc2c(OC)cc(C(=O)OC)cc2c1. The number of nitrogens with zero attached hydrogens (tertiary/aromatic N) is 1. The molecule has 2 aromatic rings. The Bertz CT molecular complexity index is 680. The molecule has 0 fully saturated rings. The molecule has 1 heterocycles. The van der Waals surface area contributed by atoms with Gasteiger partial charge in [-0.25, -0.2) is 4.79 Å². The van der Waals surface area contributed by atoms with Crippen LogP contribution in [0.3, 0.4) is 0 Å². The number of carbonyl (C=O) groups is 1. The average Bonchev–Trinajstić information content (AvgIpc) is 2.59. The highest BCUT2D eigenvalue weighted by Gasteiger charge is 2.16. The zero-order valence-electron chi connectivity index (χ0n) is 13.8. The minimum absolute atomic E-state index is 0.403. The largest absolute Gasteiger partial charge is 0.494 e. The van der Waals surface area contributed by atoms with E-state index in [1.807, 2.05) is 19.9 Å². The Morgan fingerprint density at radius 3 is 2.39 bits per heavy atom. The van der Waals surface area contributed by atoms with Crippen LogP contribution in [-0.2, 0) is 14.2 Å².